The minimum atomic E-state index is -0.489. The van der Waals surface area contributed by atoms with Gasteiger partial charge in [-0.2, -0.15) is 5.10 Å². The maximum absolute atomic E-state index is 12.3. The van der Waals surface area contributed by atoms with Gasteiger partial charge in [-0.15, -0.1) is 0 Å². The summed E-state index contributed by atoms with van der Waals surface area (Å²) in [7, 11) is 0. The molecule has 2 aliphatic heterocycles. The van der Waals surface area contributed by atoms with E-state index in [1.165, 1.54) is 0 Å². The molecule has 14 heteroatoms. The van der Waals surface area contributed by atoms with Crippen LogP contribution < -0.4 is 26.4 Å². The summed E-state index contributed by atoms with van der Waals surface area (Å²) >= 11 is 0. The number of phenolic OH excluding ortho intramolecular Hbond substituents is 1. The Morgan fingerprint density at radius 3 is 2.29 bits per heavy atom. The number of ether oxygens (including phenoxy) is 3. The summed E-state index contributed by atoms with van der Waals surface area (Å²) in [5.74, 6) is 2.04. The van der Waals surface area contributed by atoms with Crippen molar-refractivity contribution >= 4 is 35.3 Å². The zero-order valence-electron chi connectivity index (χ0n) is 30.4. The summed E-state index contributed by atoms with van der Waals surface area (Å²) in [5, 5.41) is 18.6. The number of likely N-dealkylation sites (tertiary alicyclic amines) is 1. The van der Waals surface area contributed by atoms with Crippen molar-refractivity contribution in [3.63, 3.8) is 0 Å². The van der Waals surface area contributed by atoms with Crippen LogP contribution >= 0.6 is 0 Å². The molecule has 0 bridgehead atoms. The van der Waals surface area contributed by atoms with Crippen molar-refractivity contribution in [1.29, 1.82) is 0 Å². The maximum atomic E-state index is 12.3. The quantitative estimate of drug-likeness (QED) is 0.211. The molecule has 1 aliphatic carbocycles. The Morgan fingerprint density at radius 1 is 1.00 bits per heavy atom. The lowest BCUT2D eigenvalue weighted by atomic mass is 9.91. The minimum absolute atomic E-state index is 0.0711. The first kappa shape index (κ1) is 36.1. The lowest BCUT2D eigenvalue weighted by molar-refractivity contribution is -0.110. The molecule has 2 aromatic heterocycles. The average Bonchev–Trinajstić information content (AvgIpc) is 3.37. The number of nitrogens with zero attached hydrogens (tertiary/aromatic N) is 6. The van der Waals surface area contributed by atoms with E-state index < -0.39 is 5.60 Å². The number of aromatic hydroxyl groups is 1. The molecular weight excluding hydrogens is 650 g/mol. The van der Waals surface area contributed by atoms with Gasteiger partial charge in [-0.1, -0.05) is 12.1 Å². The van der Waals surface area contributed by atoms with E-state index in [9.17, 15) is 9.90 Å². The maximum Gasteiger partial charge on any atom is 0.410 e. The third-order valence-electron chi connectivity index (χ3n) is 9.46. The summed E-state index contributed by atoms with van der Waals surface area (Å²) < 4.78 is 19.9. The van der Waals surface area contributed by atoms with E-state index in [-0.39, 0.29) is 42.2 Å². The second kappa shape index (κ2) is 15.3. The molecule has 1 saturated carbocycles. The molecule has 0 spiro atoms. The summed E-state index contributed by atoms with van der Waals surface area (Å²) in [5.41, 5.74) is 14.8. The van der Waals surface area contributed by atoms with Gasteiger partial charge in [0, 0.05) is 56.3 Å². The number of rotatable bonds is 10. The normalized spacial score (nSPS) is 20.7. The van der Waals surface area contributed by atoms with Gasteiger partial charge in [0.1, 0.15) is 23.1 Å². The van der Waals surface area contributed by atoms with Gasteiger partial charge in [0.25, 0.3) is 0 Å². The summed E-state index contributed by atoms with van der Waals surface area (Å²) in [4.78, 5) is 25.5. The number of nitrogens with two attached hydrogens (primary N) is 2. The summed E-state index contributed by atoms with van der Waals surface area (Å²) in [6, 6.07) is 7.22. The molecule has 4 heterocycles. The first-order valence-corrected chi connectivity index (χ1v) is 18.1. The number of amides is 1. The number of anilines is 3. The number of hydrogen-bond acceptors (Lipinski definition) is 12. The molecule has 1 amide bonds. The second-order valence-corrected chi connectivity index (χ2v) is 15.1. The Hall–Kier alpha value is -4.72. The third-order valence-corrected chi connectivity index (χ3v) is 9.46. The van der Waals surface area contributed by atoms with Gasteiger partial charge in [0.15, 0.2) is 11.6 Å². The second-order valence-electron chi connectivity index (χ2n) is 15.1. The van der Waals surface area contributed by atoms with Crippen LogP contribution in [0, 0.1) is 0 Å². The predicted octanol–water partition coefficient (Wildman–Crippen LogP) is 5.41. The van der Waals surface area contributed by atoms with Gasteiger partial charge in [0.05, 0.1) is 36.3 Å². The van der Waals surface area contributed by atoms with Crippen LogP contribution in [0.3, 0.4) is 0 Å². The minimum Gasteiger partial charge on any atom is -0.507 e. The lowest BCUT2D eigenvalue weighted by Gasteiger charge is -2.40. The Labute approximate surface area is 300 Å². The molecule has 3 aliphatic rings. The SMILES string of the molecule is CC(C)Nc1nn(C2CCN(c3ncc(O[C@H]4C[C@H](OC5CCN(C(=O)OC(C)(C)C)CC5)C4)cn3)CC2)c(/C=C(\N)c2ccccc2O)c1N. The molecule has 2 saturated heterocycles. The number of piperidine rings is 2. The molecule has 1 aromatic carbocycles. The van der Waals surface area contributed by atoms with Gasteiger partial charge in [-0.25, -0.2) is 14.8 Å². The smallest absolute Gasteiger partial charge is 0.410 e. The predicted molar refractivity (Wildman–Crippen MR) is 197 cm³/mol. The molecule has 0 radical (unpaired) electrons. The standard InChI is InChI=1S/C37H53N9O5/c1-23(2)42-34-33(39)31(20-30(38)29-8-6-7-9-32(29)47)46(43-34)24-10-14-44(15-11-24)35-40-21-28(22-41-35)50-27-18-26(19-27)49-25-12-16-45(17-13-25)36(48)51-37(3,4)5/h6-9,20-27,47H,10-19,38-39H2,1-5H3,(H,42,43)/b30-20-/t26-,27-. The zero-order valence-corrected chi connectivity index (χ0v) is 30.4. The van der Waals surface area contributed by atoms with Crippen LogP contribution in [0.5, 0.6) is 11.5 Å². The molecule has 14 nitrogen and oxygen atoms in total. The van der Waals surface area contributed by atoms with E-state index in [2.05, 4.69) is 20.2 Å². The van der Waals surface area contributed by atoms with E-state index in [0.717, 1.165) is 51.6 Å². The van der Waals surface area contributed by atoms with E-state index >= 15 is 0 Å². The van der Waals surface area contributed by atoms with Crippen molar-refractivity contribution in [1.82, 2.24) is 24.6 Å². The first-order chi connectivity index (χ1) is 24.3. The highest BCUT2D eigenvalue weighted by atomic mass is 16.6. The van der Waals surface area contributed by atoms with Gasteiger partial charge in [-0.3, -0.25) is 4.68 Å². The Balaban J connectivity index is 0.984. The number of carbonyl (C=O) groups excluding carboxylic acids is 1. The van der Waals surface area contributed by atoms with E-state index in [1.807, 2.05) is 45.4 Å². The number of carbonyl (C=O) groups is 1. The molecule has 0 atom stereocenters. The van der Waals surface area contributed by atoms with Crippen molar-refractivity contribution in [2.24, 2.45) is 5.73 Å². The Kier molecular flexibility index (Phi) is 10.8. The molecule has 3 fully saturated rings. The molecular formula is C37H53N9O5. The number of phenols is 1. The molecule has 51 heavy (non-hydrogen) atoms. The van der Waals surface area contributed by atoms with Gasteiger partial charge in [-0.05, 0) is 78.5 Å². The molecule has 6 N–H and O–H groups in total. The number of nitrogens with one attached hydrogen (secondary N) is 1. The van der Waals surface area contributed by atoms with Crippen LogP contribution in [-0.4, -0.2) is 92.0 Å². The van der Waals surface area contributed by atoms with E-state index in [0.29, 0.717) is 53.2 Å². The van der Waals surface area contributed by atoms with E-state index in [4.69, 9.17) is 30.8 Å². The monoisotopic (exact) mass is 703 g/mol. The molecule has 0 unspecified atom stereocenters. The zero-order chi connectivity index (χ0) is 36.3. The van der Waals surface area contributed by atoms with E-state index in [1.54, 1.807) is 41.6 Å². The van der Waals surface area contributed by atoms with Crippen LogP contribution in [-0.2, 0) is 9.47 Å². The number of para-hydroxylation sites is 1. The van der Waals surface area contributed by atoms with Crippen molar-refractivity contribution in [3.8, 4) is 11.5 Å². The highest BCUT2D eigenvalue weighted by Crippen LogP contribution is 2.35. The van der Waals surface area contributed by atoms with Crippen LogP contribution in [0.4, 0.5) is 22.2 Å². The van der Waals surface area contributed by atoms with Crippen LogP contribution in [0.15, 0.2) is 36.7 Å². The van der Waals surface area contributed by atoms with Crippen molar-refractivity contribution in [3.05, 3.63) is 47.9 Å². The van der Waals surface area contributed by atoms with Crippen molar-refractivity contribution in [2.45, 2.75) is 109 Å². The molecule has 3 aromatic rings. The van der Waals surface area contributed by atoms with Crippen LogP contribution in [0.1, 0.15) is 90.4 Å². The fourth-order valence-corrected chi connectivity index (χ4v) is 6.74. The van der Waals surface area contributed by atoms with Gasteiger partial charge < -0.3 is 45.9 Å². The average molecular weight is 704 g/mol. The Morgan fingerprint density at radius 2 is 1.67 bits per heavy atom. The number of aromatic nitrogens is 4. The largest absolute Gasteiger partial charge is 0.507 e. The van der Waals surface area contributed by atoms with Gasteiger partial charge >= 0.3 is 6.09 Å². The lowest BCUT2D eigenvalue weighted by Crippen LogP contribution is -2.46. The van der Waals surface area contributed by atoms with Gasteiger partial charge in [0.2, 0.25) is 5.95 Å². The topological polar surface area (TPSA) is 179 Å². The number of nitrogen functional groups attached to an aromatic ring is 1. The molecule has 276 valence electrons. The fraction of sp³-hybridized carbons (Fsp3) is 0.568. The Bertz CT molecular complexity index is 1660. The highest BCUT2D eigenvalue weighted by Gasteiger charge is 2.36. The van der Waals surface area contributed by atoms with Crippen molar-refractivity contribution < 1.29 is 24.1 Å². The third kappa shape index (κ3) is 8.96. The van der Waals surface area contributed by atoms with Crippen LogP contribution in [0.25, 0.3) is 11.8 Å². The van der Waals surface area contributed by atoms with Crippen molar-refractivity contribution in [2.75, 3.05) is 42.1 Å². The summed E-state index contributed by atoms with van der Waals surface area (Å²) in [6.07, 6.45) is 10.3. The van der Waals surface area contributed by atoms with Crippen LogP contribution in [0.2, 0.25) is 0 Å². The highest BCUT2D eigenvalue weighted by molar-refractivity contribution is 5.86. The summed E-state index contributed by atoms with van der Waals surface area (Å²) in [6.45, 7) is 12.5. The fourth-order valence-electron chi connectivity index (χ4n) is 6.74. The molecule has 6 rings (SSSR count). The number of benzene rings is 1. The first-order valence-electron chi connectivity index (χ1n) is 18.1. The number of hydrogen-bond donors (Lipinski definition) is 4.